The van der Waals surface area contributed by atoms with Gasteiger partial charge in [0.05, 0.1) is 0 Å². The van der Waals surface area contributed by atoms with Crippen LogP contribution in [0.3, 0.4) is 0 Å². The predicted molar refractivity (Wildman–Crippen MR) is 74.9 cm³/mol. The molecule has 1 saturated carbocycles. The van der Waals surface area contributed by atoms with Crippen molar-refractivity contribution in [2.24, 2.45) is 5.41 Å². The van der Waals surface area contributed by atoms with E-state index >= 15 is 0 Å². The molecular formula is C15H18ClNO. The van der Waals surface area contributed by atoms with Gasteiger partial charge in [-0.15, -0.1) is 0 Å². The first-order valence-electron chi connectivity index (χ1n) is 6.55. The minimum Gasteiger partial charge on any atom is -0.444 e. The van der Waals surface area contributed by atoms with Crippen molar-refractivity contribution in [1.82, 2.24) is 5.32 Å². The van der Waals surface area contributed by atoms with Crippen LogP contribution in [-0.4, -0.2) is 6.54 Å². The van der Waals surface area contributed by atoms with Gasteiger partial charge in [-0.25, -0.2) is 0 Å². The van der Waals surface area contributed by atoms with Crippen LogP contribution in [-0.2, 0) is 6.54 Å². The Labute approximate surface area is 112 Å². The van der Waals surface area contributed by atoms with E-state index in [4.69, 9.17) is 16.0 Å². The topological polar surface area (TPSA) is 25.2 Å². The summed E-state index contributed by atoms with van der Waals surface area (Å²) >= 11 is 6.16. The van der Waals surface area contributed by atoms with Crippen molar-refractivity contribution in [2.75, 3.05) is 6.54 Å². The quantitative estimate of drug-likeness (QED) is 0.886. The summed E-state index contributed by atoms with van der Waals surface area (Å²) in [6, 6.07) is 8.00. The molecule has 18 heavy (non-hydrogen) atoms. The number of rotatable bonds is 4. The van der Waals surface area contributed by atoms with Gasteiger partial charge in [0.2, 0.25) is 0 Å². The van der Waals surface area contributed by atoms with Crippen LogP contribution >= 0.6 is 11.6 Å². The van der Waals surface area contributed by atoms with E-state index in [1.807, 2.05) is 18.2 Å². The van der Waals surface area contributed by atoms with Crippen molar-refractivity contribution in [3.63, 3.8) is 0 Å². The fourth-order valence-corrected chi connectivity index (χ4v) is 2.93. The van der Waals surface area contributed by atoms with Crippen LogP contribution in [0.25, 0.3) is 11.0 Å². The second kappa shape index (κ2) is 4.60. The molecule has 0 amide bonds. The molecule has 0 saturated heterocycles. The van der Waals surface area contributed by atoms with E-state index in [1.165, 1.54) is 19.3 Å². The zero-order chi connectivity index (χ0) is 12.6. The maximum Gasteiger partial charge on any atom is 0.199 e. The average molecular weight is 264 g/mol. The zero-order valence-corrected chi connectivity index (χ0v) is 11.4. The summed E-state index contributed by atoms with van der Waals surface area (Å²) in [7, 11) is 0. The van der Waals surface area contributed by atoms with Crippen LogP contribution in [0.2, 0.25) is 5.22 Å². The fraction of sp³-hybridized carbons (Fsp3) is 0.467. The van der Waals surface area contributed by atoms with E-state index in [-0.39, 0.29) is 0 Å². The van der Waals surface area contributed by atoms with E-state index in [0.29, 0.717) is 10.6 Å². The first-order valence-corrected chi connectivity index (χ1v) is 6.92. The lowest BCUT2D eigenvalue weighted by Crippen LogP contribution is -2.36. The lowest BCUT2D eigenvalue weighted by Gasteiger charge is -2.38. The average Bonchev–Trinajstić information content (AvgIpc) is 2.64. The highest BCUT2D eigenvalue weighted by molar-refractivity contribution is 6.30. The number of benzene rings is 1. The number of para-hydroxylation sites is 1. The molecule has 0 spiro atoms. The molecular weight excluding hydrogens is 246 g/mol. The van der Waals surface area contributed by atoms with Gasteiger partial charge in [0.25, 0.3) is 0 Å². The maximum atomic E-state index is 6.16. The normalized spacial score (nSPS) is 17.9. The standard InChI is InChI=1S/C15H18ClNO/c1-15(7-4-8-15)10-17-9-12-11-5-2-3-6-13(11)18-14(12)16/h2-3,5-6,17H,4,7-10H2,1H3. The fourth-order valence-electron chi connectivity index (χ4n) is 2.68. The van der Waals surface area contributed by atoms with E-state index < -0.39 is 0 Å². The third kappa shape index (κ3) is 2.15. The molecule has 1 aromatic heterocycles. The number of fused-ring (bicyclic) bond motifs is 1. The SMILES string of the molecule is CC1(CNCc2c(Cl)oc3ccccc23)CCC1. The van der Waals surface area contributed by atoms with Crippen LogP contribution in [0.4, 0.5) is 0 Å². The smallest absolute Gasteiger partial charge is 0.199 e. The molecule has 0 unspecified atom stereocenters. The minimum atomic E-state index is 0.492. The zero-order valence-electron chi connectivity index (χ0n) is 10.6. The second-order valence-electron chi connectivity index (χ2n) is 5.62. The van der Waals surface area contributed by atoms with Crippen LogP contribution in [0.1, 0.15) is 31.7 Å². The molecule has 0 atom stereocenters. The Hall–Kier alpha value is -0.990. The maximum absolute atomic E-state index is 6.16. The van der Waals surface area contributed by atoms with E-state index in [1.54, 1.807) is 0 Å². The number of hydrogen-bond acceptors (Lipinski definition) is 2. The van der Waals surface area contributed by atoms with Crippen molar-refractivity contribution in [2.45, 2.75) is 32.7 Å². The minimum absolute atomic E-state index is 0.492. The predicted octanol–water partition coefficient (Wildman–Crippen LogP) is 4.37. The van der Waals surface area contributed by atoms with Gasteiger partial charge in [0.15, 0.2) is 5.22 Å². The number of furan rings is 1. The summed E-state index contributed by atoms with van der Waals surface area (Å²) < 4.78 is 5.55. The first-order chi connectivity index (χ1) is 8.68. The first kappa shape index (κ1) is 12.1. The largest absolute Gasteiger partial charge is 0.444 e. The molecule has 1 fully saturated rings. The summed E-state index contributed by atoms with van der Waals surface area (Å²) in [6.07, 6.45) is 4.04. The molecule has 3 heteroatoms. The molecule has 1 aliphatic carbocycles. The Bertz CT molecular complexity index is 557. The third-order valence-corrected chi connectivity index (χ3v) is 4.37. The van der Waals surface area contributed by atoms with Crippen LogP contribution in [0, 0.1) is 5.41 Å². The molecule has 1 N–H and O–H groups in total. The van der Waals surface area contributed by atoms with E-state index in [0.717, 1.165) is 29.6 Å². The summed E-state index contributed by atoms with van der Waals surface area (Å²) in [5.41, 5.74) is 2.44. The van der Waals surface area contributed by atoms with Gasteiger partial charge in [-0.1, -0.05) is 31.5 Å². The van der Waals surface area contributed by atoms with Gasteiger partial charge in [-0.2, -0.15) is 0 Å². The van der Waals surface area contributed by atoms with Crippen LogP contribution < -0.4 is 5.32 Å². The van der Waals surface area contributed by atoms with Crippen molar-refractivity contribution < 1.29 is 4.42 Å². The second-order valence-corrected chi connectivity index (χ2v) is 5.96. The molecule has 0 aliphatic heterocycles. The van der Waals surface area contributed by atoms with Crippen LogP contribution in [0.5, 0.6) is 0 Å². The Morgan fingerprint density at radius 2 is 2.11 bits per heavy atom. The van der Waals surface area contributed by atoms with E-state index in [9.17, 15) is 0 Å². The van der Waals surface area contributed by atoms with Crippen molar-refractivity contribution in [1.29, 1.82) is 0 Å². The third-order valence-electron chi connectivity index (χ3n) is 4.06. The van der Waals surface area contributed by atoms with Crippen molar-refractivity contribution in [3.05, 3.63) is 35.0 Å². The molecule has 1 aliphatic rings. The molecule has 1 aromatic carbocycles. The van der Waals surface area contributed by atoms with Gasteiger partial charge in [-0.3, -0.25) is 0 Å². The highest BCUT2D eigenvalue weighted by atomic mass is 35.5. The highest BCUT2D eigenvalue weighted by Gasteiger charge is 2.31. The number of halogens is 1. The summed E-state index contributed by atoms with van der Waals surface area (Å²) in [5.74, 6) is 0. The molecule has 1 heterocycles. The van der Waals surface area contributed by atoms with Crippen molar-refractivity contribution >= 4 is 22.6 Å². The Balaban J connectivity index is 1.72. The van der Waals surface area contributed by atoms with Gasteiger partial charge >= 0.3 is 0 Å². The van der Waals surface area contributed by atoms with E-state index in [2.05, 4.69) is 18.3 Å². The van der Waals surface area contributed by atoms with Gasteiger partial charge in [-0.05, 0) is 35.9 Å². The molecule has 0 radical (unpaired) electrons. The molecule has 3 rings (SSSR count). The number of nitrogens with one attached hydrogen (secondary N) is 1. The van der Waals surface area contributed by atoms with Crippen LogP contribution in [0.15, 0.2) is 28.7 Å². The molecule has 2 aromatic rings. The lowest BCUT2D eigenvalue weighted by atomic mass is 9.70. The molecule has 0 bridgehead atoms. The Morgan fingerprint density at radius 3 is 2.83 bits per heavy atom. The molecule has 2 nitrogen and oxygen atoms in total. The lowest BCUT2D eigenvalue weighted by molar-refractivity contribution is 0.156. The monoisotopic (exact) mass is 263 g/mol. The Kier molecular flexibility index (Phi) is 3.08. The number of hydrogen-bond donors (Lipinski definition) is 1. The van der Waals surface area contributed by atoms with Gasteiger partial charge < -0.3 is 9.73 Å². The summed E-state index contributed by atoms with van der Waals surface area (Å²) in [6.45, 7) is 4.19. The van der Waals surface area contributed by atoms with Crippen molar-refractivity contribution in [3.8, 4) is 0 Å². The van der Waals surface area contributed by atoms with Gasteiger partial charge in [0, 0.05) is 24.0 Å². The van der Waals surface area contributed by atoms with Gasteiger partial charge in [0.1, 0.15) is 5.58 Å². The summed E-state index contributed by atoms with van der Waals surface area (Å²) in [5, 5.41) is 5.15. The Morgan fingerprint density at radius 1 is 1.33 bits per heavy atom. The summed E-state index contributed by atoms with van der Waals surface area (Å²) in [4.78, 5) is 0. The highest BCUT2D eigenvalue weighted by Crippen LogP contribution is 2.39. The molecule has 96 valence electrons.